The van der Waals surface area contributed by atoms with Gasteiger partial charge in [-0.1, -0.05) is 31.2 Å². The lowest BCUT2D eigenvalue weighted by molar-refractivity contribution is 0.415. The molecule has 106 valence electrons. The molecule has 0 unspecified atom stereocenters. The largest absolute Gasteiger partial charge is 0.497 e. The molecule has 2 nitrogen and oxygen atoms in total. The lowest BCUT2D eigenvalue weighted by Gasteiger charge is -2.09. The highest BCUT2D eigenvalue weighted by Crippen LogP contribution is 2.29. The number of hydrogen-bond acceptors (Lipinski definition) is 2. The minimum atomic E-state index is 0.867. The lowest BCUT2D eigenvalue weighted by atomic mass is 9.98. The Bertz CT molecular complexity index is 793. The zero-order chi connectivity index (χ0) is 14.8. The van der Waals surface area contributed by atoms with Gasteiger partial charge in [0.25, 0.3) is 0 Å². The molecule has 0 spiro atoms. The topological polar surface area (TPSA) is 35.2 Å². The third-order valence-corrected chi connectivity index (χ3v) is 3.90. The maximum absolute atomic E-state index is 5.99. The summed E-state index contributed by atoms with van der Waals surface area (Å²) in [4.78, 5) is 0. The Morgan fingerprint density at radius 2 is 1.52 bits per heavy atom. The van der Waals surface area contributed by atoms with Crippen molar-refractivity contribution in [3.05, 3.63) is 60.2 Å². The number of ether oxygens (including phenoxy) is 1. The van der Waals surface area contributed by atoms with Gasteiger partial charge < -0.3 is 10.5 Å². The maximum Gasteiger partial charge on any atom is 0.119 e. The van der Waals surface area contributed by atoms with E-state index in [0.717, 1.165) is 17.9 Å². The van der Waals surface area contributed by atoms with E-state index in [1.165, 1.54) is 27.5 Å². The van der Waals surface area contributed by atoms with Crippen LogP contribution in [0.15, 0.2) is 54.6 Å². The third kappa shape index (κ3) is 2.57. The molecule has 21 heavy (non-hydrogen) atoms. The van der Waals surface area contributed by atoms with Crippen molar-refractivity contribution in [1.82, 2.24) is 0 Å². The van der Waals surface area contributed by atoms with Crippen molar-refractivity contribution in [2.45, 2.75) is 13.3 Å². The second kappa shape index (κ2) is 5.49. The van der Waals surface area contributed by atoms with Crippen LogP contribution in [0.3, 0.4) is 0 Å². The van der Waals surface area contributed by atoms with Crippen LogP contribution >= 0.6 is 0 Å². The summed E-state index contributed by atoms with van der Waals surface area (Å²) in [5.74, 6) is 0.885. The van der Waals surface area contributed by atoms with E-state index in [2.05, 4.69) is 49.4 Å². The Hall–Kier alpha value is -2.48. The molecule has 2 N–H and O–H groups in total. The molecule has 0 amide bonds. The summed E-state index contributed by atoms with van der Waals surface area (Å²) in [6.45, 7) is 2.13. The van der Waals surface area contributed by atoms with E-state index in [1.54, 1.807) is 7.11 Å². The molecule has 0 aromatic heterocycles. The van der Waals surface area contributed by atoms with Crippen molar-refractivity contribution in [1.29, 1.82) is 0 Å². The molecule has 3 aromatic rings. The van der Waals surface area contributed by atoms with E-state index in [0.29, 0.717) is 0 Å². The summed E-state index contributed by atoms with van der Waals surface area (Å²) < 4.78 is 5.27. The van der Waals surface area contributed by atoms with Gasteiger partial charge in [0.05, 0.1) is 7.11 Å². The van der Waals surface area contributed by atoms with Crippen molar-refractivity contribution in [2.24, 2.45) is 0 Å². The first kappa shape index (κ1) is 13.5. The predicted octanol–water partition coefficient (Wildman–Crippen LogP) is 4.66. The van der Waals surface area contributed by atoms with E-state index in [4.69, 9.17) is 10.5 Å². The molecule has 3 aromatic carbocycles. The molecule has 0 heterocycles. The van der Waals surface area contributed by atoms with Crippen molar-refractivity contribution >= 4 is 16.5 Å². The average molecular weight is 277 g/mol. The van der Waals surface area contributed by atoms with Crippen LogP contribution in [0.4, 0.5) is 5.69 Å². The normalized spacial score (nSPS) is 10.8. The number of aryl methyl sites for hydroxylation is 1. The molecule has 0 aliphatic heterocycles. The van der Waals surface area contributed by atoms with Gasteiger partial charge in [-0.15, -0.1) is 0 Å². The first-order valence-electron chi connectivity index (χ1n) is 7.18. The standard InChI is InChI=1S/C19H19NO/c1-3-13-10-16(7-9-19(13)20)14-4-5-17-12-18(21-2)8-6-15(17)11-14/h4-12H,3,20H2,1-2H3. The Kier molecular flexibility index (Phi) is 3.53. The van der Waals surface area contributed by atoms with Crippen molar-refractivity contribution in [3.63, 3.8) is 0 Å². The molecule has 3 rings (SSSR count). The molecule has 0 atom stereocenters. The van der Waals surface area contributed by atoms with Crippen LogP contribution in [-0.2, 0) is 6.42 Å². The summed E-state index contributed by atoms with van der Waals surface area (Å²) in [7, 11) is 1.69. The minimum Gasteiger partial charge on any atom is -0.497 e. The molecule has 0 bridgehead atoms. The van der Waals surface area contributed by atoms with Crippen LogP contribution < -0.4 is 10.5 Å². The first-order valence-corrected chi connectivity index (χ1v) is 7.18. The van der Waals surface area contributed by atoms with Crippen molar-refractivity contribution in [2.75, 3.05) is 12.8 Å². The SMILES string of the molecule is CCc1cc(-c2ccc3cc(OC)ccc3c2)ccc1N. The quantitative estimate of drug-likeness (QED) is 0.707. The highest BCUT2D eigenvalue weighted by molar-refractivity contribution is 5.88. The van der Waals surface area contributed by atoms with Crippen LogP contribution in [0.25, 0.3) is 21.9 Å². The van der Waals surface area contributed by atoms with E-state index in [-0.39, 0.29) is 0 Å². The number of nitrogens with two attached hydrogens (primary N) is 1. The fourth-order valence-electron chi connectivity index (χ4n) is 2.62. The monoisotopic (exact) mass is 277 g/mol. The van der Waals surface area contributed by atoms with Gasteiger partial charge in [-0.25, -0.2) is 0 Å². The molecular formula is C19H19NO. The van der Waals surface area contributed by atoms with E-state index in [9.17, 15) is 0 Å². The Morgan fingerprint density at radius 1 is 0.857 bits per heavy atom. The summed E-state index contributed by atoms with van der Waals surface area (Å²) in [5, 5.41) is 2.40. The number of anilines is 1. The molecule has 0 aliphatic rings. The molecular weight excluding hydrogens is 258 g/mol. The zero-order valence-corrected chi connectivity index (χ0v) is 12.4. The van der Waals surface area contributed by atoms with Gasteiger partial charge in [0.15, 0.2) is 0 Å². The van der Waals surface area contributed by atoms with Gasteiger partial charge >= 0.3 is 0 Å². The van der Waals surface area contributed by atoms with Gasteiger partial charge in [-0.05, 0) is 64.2 Å². The van der Waals surface area contributed by atoms with Crippen molar-refractivity contribution in [3.8, 4) is 16.9 Å². The van der Waals surface area contributed by atoms with Crippen LogP contribution in [0, 0.1) is 0 Å². The van der Waals surface area contributed by atoms with Crippen molar-refractivity contribution < 1.29 is 4.74 Å². The third-order valence-electron chi connectivity index (χ3n) is 3.90. The summed E-state index contributed by atoms with van der Waals surface area (Å²) in [5.41, 5.74) is 10.5. The molecule has 0 aliphatic carbocycles. The summed E-state index contributed by atoms with van der Waals surface area (Å²) >= 11 is 0. The highest BCUT2D eigenvalue weighted by atomic mass is 16.5. The number of nitrogen functional groups attached to an aromatic ring is 1. The van der Waals surface area contributed by atoms with Gasteiger partial charge in [0.2, 0.25) is 0 Å². The minimum absolute atomic E-state index is 0.867. The molecule has 0 saturated heterocycles. The number of hydrogen-bond donors (Lipinski definition) is 1. The van der Waals surface area contributed by atoms with Crippen LogP contribution in [-0.4, -0.2) is 7.11 Å². The molecule has 0 fully saturated rings. The maximum atomic E-state index is 5.99. The predicted molar refractivity (Wildman–Crippen MR) is 89.7 cm³/mol. The van der Waals surface area contributed by atoms with E-state index < -0.39 is 0 Å². The second-order valence-electron chi connectivity index (χ2n) is 5.20. The van der Waals surface area contributed by atoms with Crippen LogP contribution in [0.5, 0.6) is 5.75 Å². The number of benzene rings is 3. The van der Waals surface area contributed by atoms with Gasteiger partial charge in [0, 0.05) is 5.69 Å². The smallest absolute Gasteiger partial charge is 0.119 e. The molecule has 2 heteroatoms. The summed E-state index contributed by atoms with van der Waals surface area (Å²) in [6.07, 6.45) is 0.949. The first-order chi connectivity index (χ1) is 10.2. The van der Waals surface area contributed by atoms with Gasteiger partial charge in [0.1, 0.15) is 5.75 Å². The summed E-state index contributed by atoms with van der Waals surface area (Å²) in [6, 6.07) is 18.9. The zero-order valence-electron chi connectivity index (χ0n) is 12.4. The van der Waals surface area contributed by atoms with Gasteiger partial charge in [-0.2, -0.15) is 0 Å². The number of methoxy groups -OCH3 is 1. The molecule has 0 saturated carbocycles. The molecule has 0 radical (unpaired) electrons. The highest BCUT2D eigenvalue weighted by Gasteiger charge is 2.04. The number of rotatable bonds is 3. The van der Waals surface area contributed by atoms with E-state index >= 15 is 0 Å². The average Bonchev–Trinajstić information content (AvgIpc) is 2.54. The second-order valence-corrected chi connectivity index (χ2v) is 5.20. The fraction of sp³-hybridized carbons (Fsp3) is 0.158. The lowest BCUT2D eigenvalue weighted by Crippen LogP contribution is -1.93. The number of fused-ring (bicyclic) bond motifs is 1. The van der Waals surface area contributed by atoms with Crippen LogP contribution in [0.2, 0.25) is 0 Å². The fourth-order valence-corrected chi connectivity index (χ4v) is 2.62. The Morgan fingerprint density at radius 3 is 2.29 bits per heavy atom. The van der Waals surface area contributed by atoms with Crippen LogP contribution in [0.1, 0.15) is 12.5 Å². The van der Waals surface area contributed by atoms with E-state index in [1.807, 2.05) is 12.1 Å². The van der Waals surface area contributed by atoms with Gasteiger partial charge in [-0.3, -0.25) is 0 Å². The Labute approximate surface area is 125 Å². The Balaban J connectivity index is 2.08.